The molecule has 0 aromatic heterocycles. The van der Waals surface area contributed by atoms with E-state index in [2.05, 4.69) is 43.9 Å². The monoisotopic (exact) mass is 594 g/mol. The molecule has 0 radical (unpaired) electrons. The van der Waals surface area contributed by atoms with Crippen molar-refractivity contribution >= 4 is 12.0 Å². The smallest absolute Gasteiger partial charge is 0.401 e. The quantitative estimate of drug-likeness (QED) is 0.298. The Balaban J connectivity index is 0.00000108. The lowest BCUT2D eigenvalue weighted by molar-refractivity contribution is -0.149. The summed E-state index contributed by atoms with van der Waals surface area (Å²) in [4.78, 5) is 13.9. The zero-order chi connectivity index (χ0) is 32.1. The summed E-state index contributed by atoms with van der Waals surface area (Å²) >= 11 is 0. The van der Waals surface area contributed by atoms with Gasteiger partial charge in [0.05, 0.1) is 19.2 Å². The minimum atomic E-state index is -4.13. The molecule has 1 N–H and O–H groups in total. The predicted octanol–water partition coefficient (Wildman–Crippen LogP) is 8.89. The zero-order valence-corrected chi connectivity index (χ0v) is 27.0. The molecular formula is C34H53F3N2O3. The summed E-state index contributed by atoms with van der Waals surface area (Å²) in [5, 5.41) is 8.38. The molecule has 0 atom stereocenters. The van der Waals surface area contributed by atoms with Gasteiger partial charge in [-0.1, -0.05) is 84.7 Å². The Morgan fingerprint density at radius 1 is 0.976 bits per heavy atom. The Labute approximate surface area is 252 Å². The van der Waals surface area contributed by atoms with Gasteiger partial charge >= 0.3 is 12.1 Å². The van der Waals surface area contributed by atoms with Crippen molar-refractivity contribution in [1.82, 2.24) is 9.80 Å². The van der Waals surface area contributed by atoms with E-state index in [1.54, 1.807) is 37.4 Å². The molecule has 2 aromatic carbocycles. The maximum atomic E-state index is 12.6. The van der Waals surface area contributed by atoms with Crippen molar-refractivity contribution < 1.29 is 27.8 Å². The minimum absolute atomic E-state index is 0.331. The molecule has 0 bridgehead atoms. The summed E-state index contributed by atoms with van der Waals surface area (Å²) < 4.78 is 43.7. The van der Waals surface area contributed by atoms with Gasteiger partial charge < -0.3 is 9.84 Å². The number of unbranched alkanes of at least 4 members (excludes halogenated alkanes) is 1. The number of nitrogens with zero attached hydrogens (tertiary/aromatic N) is 2. The molecule has 5 nitrogen and oxygen atoms in total. The minimum Gasteiger partial charge on any atom is -0.496 e. The highest BCUT2D eigenvalue weighted by Gasteiger charge is 2.32. The van der Waals surface area contributed by atoms with Gasteiger partial charge in [0.15, 0.2) is 0 Å². The number of hydrogen-bond donors (Lipinski definition) is 1. The molecule has 0 spiro atoms. The first-order valence-corrected chi connectivity index (χ1v) is 15.2. The van der Waals surface area contributed by atoms with E-state index in [0.29, 0.717) is 38.3 Å². The molecule has 2 aromatic rings. The van der Waals surface area contributed by atoms with Gasteiger partial charge in [0.25, 0.3) is 0 Å². The fourth-order valence-electron chi connectivity index (χ4n) is 4.52. The molecule has 1 fully saturated rings. The Hall–Kier alpha value is -2.84. The Morgan fingerprint density at radius 2 is 1.55 bits per heavy atom. The van der Waals surface area contributed by atoms with Gasteiger partial charge in [-0.2, -0.15) is 13.2 Å². The van der Waals surface area contributed by atoms with E-state index in [9.17, 15) is 18.0 Å². The molecule has 1 heterocycles. The lowest BCUT2D eigenvalue weighted by Gasteiger charge is -2.35. The van der Waals surface area contributed by atoms with Crippen molar-refractivity contribution in [1.29, 1.82) is 0 Å². The highest BCUT2D eigenvalue weighted by atomic mass is 19.4. The van der Waals surface area contributed by atoms with Crippen LogP contribution in [0.4, 0.5) is 13.2 Å². The second-order valence-corrected chi connectivity index (χ2v) is 9.53. The number of methoxy groups -OCH3 is 1. The van der Waals surface area contributed by atoms with Crippen molar-refractivity contribution in [3.05, 3.63) is 70.3 Å². The van der Waals surface area contributed by atoms with Crippen LogP contribution in [0.25, 0.3) is 6.08 Å². The maximum Gasteiger partial charge on any atom is 0.401 e. The fourth-order valence-corrected chi connectivity index (χ4v) is 4.52. The molecule has 0 aliphatic carbocycles. The predicted molar refractivity (Wildman–Crippen MR) is 170 cm³/mol. The van der Waals surface area contributed by atoms with Gasteiger partial charge in [0.2, 0.25) is 0 Å². The molecule has 1 aliphatic heterocycles. The summed E-state index contributed by atoms with van der Waals surface area (Å²) in [5.41, 5.74) is 5.27. The second kappa shape index (κ2) is 21.8. The standard InChI is InChI=1S/C23H35F3N2O.C7H6O2.2C2H6/c1-5-7-8-10-20-18(3)19(9-6-2)15-22(29-4)21(20)16-27-11-13-28(14-12-27)17-23(24,25)26;8-7(9)6-4-2-1-3-5-6;2*1-2/h8,10,15H,5-7,9,11-14,16-17H2,1-4H3;1-5H,(H,8,9);2*1-2H3/b10-8-;;;. The van der Waals surface area contributed by atoms with E-state index >= 15 is 0 Å². The topological polar surface area (TPSA) is 53.0 Å². The number of carboxylic acids is 1. The van der Waals surface area contributed by atoms with E-state index in [4.69, 9.17) is 9.84 Å². The molecular weight excluding hydrogens is 541 g/mol. The molecule has 0 saturated carbocycles. The largest absolute Gasteiger partial charge is 0.496 e. The van der Waals surface area contributed by atoms with Gasteiger partial charge in [-0.05, 0) is 54.7 Å². The Morgan fingerprint density at radius 3 is 2.00 bits per heavy atom. The first-order valence-electron chi connectivity index (χ1n) is 15.2. The van der Waals surface area contributed by atoms with Crippen LogP contribution in [0.5, 0.6) is 5.75 Å². The number of hydrogen-bond acceptors (Lipinski definition) is 4. The highest BCUT2D eigenvalue weighted by molar-refractivity contribution is 5.87. The van der Waals surface area contributed by atoms with E-state index in [-0.39, 0.29) is 0 Å². The van der Waals surface area contributed by atoms with E-state index in [1.807, 2.05) is 27.7 Å². The third-order valence-electron chi connectivity index (χ3n) is 6.56. The Bertz CT molecular complexity index is 1030. The summed E-state index contributed by atoms with van der Waals surface area (Å²) in [5.74, 6) is 0.00326. The lowest BCUT2D eigenvalue weighted by atomic mass is 9.92. The molecule has 0 unspecified atom stereocenters. The van der Waals surface area contributed by atoms with Crippen LogP contribution in [-0.4, -0.2) is 66.9 Å². The number of carbonyl (C=O) groups is 1. The van der Waals surface area contributed by atoms with Gasteiger partial charge in [0, 0.05) is 38.3 Å². The van der Waals surface area contributed by atoms with Crippen molar-refractivity contribution in [2.24, 2.45) is 0 Å². The number of carboxylic acid groups (broad SMARTS) is 1. The van der Waals surface area contributed by atoms with Crippen LogP contribution < -0.4 is 4.74 Å². The number of halogens is 3. The number of piperazine rings is 1. The number of benzene rings is 2. The maximum absolute atomic E-state index is 12.6. The number of allylic oxidation sites excluding steroid dienone is 1. The van der Waals surface area contributed by atoms with Crippen LogP contribution in [-0.2, 0) is 13.0 Å². The molecule has 1 saturated heterocycles. The zero-order valence-electron chi connectivity index (χ0n) is 27.0. The molecule has 0 amide bonds. The molecule has 1 aliphatic rings. The summed E-state index contributed by atoms with van der Waals surface area (Å²) in [6, 6.07) is 10.4. The Kier molecular flexibility index (Phi) is 20.3. The van der Waals surface area contributed by atoms with Gasteiger partial charge in [-0.25, -0.2) is 4.79 Å². The number of rotatable bonds is 10. The van der Waals surface area contributed by atoms with Crippen molar-refractivity contribution in [3.63, 3.8) is 0 Å². The molecule has 42 heavy (non-hydrogen) atoms. The van der Waals surface area contributed by atoms with E-state index in [1.165, 1.54) is 21.6 Å². The summed E-state index contributed by atoms with van der Waals surface area (Å²) in [6.07, 6.45) is 4.48. The van der Waals surface area contributed by atoms with Crippen LogP contribution in [0.15, 0.2) is 42.5 Å². The summed E-state index contributed by atoms with van der Waals surface area (Å²) in [6.45, 7) is 16.5. The van der Waals surface area contributed by atoms with Gasteiger partial charge in [-0.3, -0.25) is 9.80 Å². The SMILES string of the molecule is CC.CC.CCC/C=C\c1c(C)c(CCC)cc(OC)c1CN1CCN(CC(F)(F)F)CC1.O=C(O)c1ccccc1. The lowest BCUT2D eigenvalue weighted by Crippen LogP contribution is -2.48. The van der Waals surface area contributed by atoms with Crippen LogP contribution in [0, 0.1) is 6.92 Å². The van der Waals surface area contributed by atoms with E-state index < -0.39 is 18.7 Å². The molecule has 238 valence electrons. The van der Waals surface area contributed by atoms with Crippen molar-refractivity contribution in [2.45, 2.75) is 86.9 Å². The second-order valence-electron chi connectivity index (χ2n) is 9.53. The number of aromatic carboxylic acids is 1. The van der Waals surface area contributed by atoms with Crippen molar-refractivity contribution in [2.75, 3.05) is 39.8 Å². The number of ether oxygens (including phenoxy) is 1. The normalized spacial score (nSPS) is 13.7. The van der Waals surface area contributed by atoms with Gasteiger partial charge in [0.1, 0.15) is 5.75 Å². The fraction of sp³-hybridized carbons (Fsp3) is 0.559. The first-order chi connectivity index (χ1) is 20.1. The highest BCUT2D eigenvalue weighted by Crippen LogP contribution is 2.32. The third kappa shape index (κ3) is 14.4. The first kappa shape index (κ1) is 39.2. The molecule has 3 rings (SSSR count). The van der Waals surface area contributed by atoms with Gasteiger partial charge in [-0.15, -0.1) is 0 Å². The number of alkyl halides is 3. The van der Waals surface area contributed by atoms with E-state index in [0.717, 1.165) is 37.0 Å². The third-order valence-corrected chi connectivity index (χ3v) is 6.56. The van der Waals surface area contributed by atoms with Crippen LogP contribution in [0.1, 0.15) is 93.4 Å². The number of aryl methyl sites for hydroxylation is 1. The molecule has 8 heteroatoms. The average Bonchev–Trinajstić information content (AvgIpc) is 2.99. The van der Waals surface area contributed by atoms with Crippen LogP contribution >= 0.6 is 0 Å². The average molecular weight is 595 g/mol. The van der Waals surface area contributed by atoms with Crippen LogP contribution in [0.2, 0.25) is 0 Å². The van der Waals surface area contributed by atoms with Crippen LogP contribution in [0.3, 0.4) is 0 Å². The van der Waals surface area contributed by atoms with Crippen molar-refractivity contribution in [3.8, 4) is 5.75 Å². The summed E-state index contributed by atoms with van der Waals surface area (Å²) in [7, 11) is 1.70.